The Balaban J connectivity index is 1.37. The summed E-state index contributed by atoms with van der Waals surface area (Å²) >= 11 is 5.31. The molecule has 1 aliphatic rings. The number of amides is 1. The van der Waals surface area contributed by atoms with E-state index in [9.17, 15) is 9.59 Å². The number of hydrazone groups is 1. The molecule has 0 saturated carbocycles. The average molecular weight is 589 g/mol. The third-order valence-electron chi connectivity index (χ3n) is 6.18. The van der Waals surface area contributed by atoms with Crippen molar-refractivity contribution in [1.29, 1.82) is 0 Å². The lowest BCUT2D eigenvalue weighted by Crippen LogP contribution is -2.45. The van der Waals surface area contributed by atoms with Gasteiger partial charge in [0.05, 0.1) is 31.5 Å². The normalized spacial score (nSPS) is 14.5. The molecule has 0 unspecified atom stereocenters. The molecule has 10 nitrogen and oxygen atoms in total. The fourth-order valence-electron chi connectivity index (χ4n) is 4.23. The highest BCUT2D eigenvalue weighted by molar-refractivity contribution is 7.80. The van der Waals surface area contributed by atoms with Crippen molar-refractivity contribution in [2.45, 2.75) is 26.5 Å². The number of hydrogen-bond donors (Lipinski definition) is 3. The Labute approximate surface area is 249 Å². The van der Waals surface area contributed by atoms with Crippen LogP contribution in [0.5, 0.6) is 17.2 Å². The SMILES string of the molecule is CCOC(=O)C1=C(C)NC(=S)N[C@H]1c1ccccc1OCC(=O)NN=Cc1ccc(OCc2ccccc2)c(OC)c1. The third kappa shape index (κ3) is 7.85. The van der Waals surface area contributed by atoms with Gasteiger partial charge in [-0.2, -0.15) is 5.10 Å². The van der Waals surface area contributed by atoms with Crippen molar-refractivity contribution in [3.05, 3.63) is 101 Å². The van der Waals surface area contributed by atoms with Crippen molar-refractivity contribution in [1.82, 2.24) is 16.1 Å². The number of carbonyl (C=O) groups excluding carboxylic acids is 2. The van der Waals surface area contributed by atoms with Gasteiger partial charge in [0.25, 0.3) is 5.91 Å². The van der Waals surface area contributed by atoms with Gasteiger partial charge in [-0.25, -0.2) is 10.2 Å². The Morgan fingerprint density at radius 2 is 1.76 bits per heavy atom. The number of rotatable bonds is 12. The molecule has 1 atom stereocenters. The van der Waals surface area contributed by atoms with E-state index in [-0.39, 0.29) is 13.2 Å². The molecule has 4 rings (SSSR count). The lowest BCUT2D eigenvalue weighted by atomic mass is 9.95. The van der Waals surface area contributed by atoms with Crippen molar-refractivity contribution in [2.24, 2.45) is 5.10 Å². The average Bonchev–Trinajstić information content (AvgIpc) is 2.99. The van der Waals surface area contributed by atoms with Crippen LogP contribution in [0.15, 0.2) is 89.2 Å². The summed E-state index contributed by atoms with van der Waals surface area (Å²) < 4.78 is 22.4. The maximum Gasteiger partial charge on any atom is 0.338 e. The van der Waals surface area contributed by atoms with Crippen LogP contribution in [0.25, 0.3) is 0 Å². The summed E-state index contributed by atoms with van der Waals surface area (Å²) in [7, 11) is 1.56. The van der Waals surface area contributed by atoms with Gasteiger partial charge in [-0.05, 0) is 61.5 Å². The number of hydrogen-bond acceptors (Lipinski definition) is 8. The van der Waals surface area contributed by atoms with Crippen molar-refractivity contribution < 1.29 is 28.5 Å². The summed E-state index contributed by atoms with van der Waals surface area (Å²) in [5.74, 6) is 0.594. The molecule has 42 heavy (non-hydrogen) atoms. The number of allylic oxidation sites excluding steroid dienone is 1. The Hall–Kier alpha value is -4.90. The summed E-state index contributed by atoms with van der Waals surface area (Å²) in [4.78, 5) is 25.3. The van der Waals surface area contributed by atoms with E-state index < -0.39 is 17.9 Å². The van der Waals surface area contributed by atoms with Crippen molar-refractivity contribution in [3.63, 3.8) is 0 Å². The highest BCUT2D eigenvalue weighted by Crippen LogP contribution is 2.33. The second-order valence-electron chi connectivity index (χ2n) is 9.09. The topological polar surface area (TPSA) is 120 Å². The molecule has 0 aromatic heterocycles. The molecule has 3 aromatic carbocycles. The summed E-state index contributed by atoms with van der Waals surface area (Å²) in [5, 5.41) is 10.5. The van der Waals surface area contributed by atoms with Crippen LogP contribution >= 0.6 is 12.2 Å². The number of esters is 1. The Bertz CT molecular complexity index is 1490. The van der Waals surface area contributed by atoms with Crippen LogP contribution in [0.4, 0.5) is 0 Å². The monoisotopic (exact) mass is 588 g/mol. The fourth-order valence-corrected chi connectivity index (χ4v) is 4.50. The highest BCUT2D eigenvalue weighted by atomic mass is 32.1. The maximum absolute atomic E-state index is 12.7. The predicted octanol–water partition coefficient (Wildman–Crippen LogP) is 4.16. The van der Waals surface area contributed by atoms with E-state index in [4.69, 9.17) is 31.2 Å². The van der Waals surface area contributed by atoms with E-state index in [1.165, 1.54) is 6.21 Å². The first-order valence-electron chi connectivity index (χ1n) is 13.2. The fraction of sp³-hybridized carbons (Fsp3) is 0.226. The molecule has 0 aliphatic carbocycles. The first-order valence-corrected chi connectivity index (χ1v) is 13.6. The summed E-state index contributed by atoms with van der Waals surface area (Å²) in [5.41, 5.74) is 5.79. The molecule has 11 heteroatoms. The van der Waals surface area contributed by atoms with Gasteiger partial charge in [0, 0.05) is 11.3 Å². The molecule has 3 N–H and O–H groups in total. The molecular weight excluding hydrogens is 556 g/mol. The number of benzene rings is 3. The minimum atomic E-state index is -0.621. The molecule has 0 radical (unpaired) electrons. The Morgan fingerprint density at radius 1 is 1.00 bits per heavy atom. The molecule has 1 aliphatic heterocycles. The number of para-hydroxylation sites is 1. The van der Waals surface area contributed by atoms with Crippen LogP contribution in [-0.2, 0) is 20.9 Å². The summed E-state index contributed by atoms with van der Waals surface area (Å²) in [6.45, 7) is 3.82. The van der Waals surface area contributed by atoms with E-state index in [1.807, 2.05) is 36.4 Å². The quantitative estimate of drug-likeness (QED) is 0.124. The van der Waals surface area contributed by atoms with Crippen LogP contribution in [-0.4, -0.2) is 43.5 Å². The van der Waals surface area contributed by atoms with Gasteiger partial charge in [-0.3, -0.25) is 4.79 Å². The van der Waals surface area contributed by atoms with Gasteiger partial charge in [0.15, 0.2) is 23.2 Å². The number of nitrogens with one attached hydrogen (secondary N) is 3. The van der Waals surface area contributed by atoms with Crippen LogP contribution in [0.2, 0.25) is 0 Å². The van der Waals surface area contributed by atoms with Crippen LogP contribution < -0.4 is 30.3 Å². The van der Waals surface area contributed by atoms with Gasteiger partial charge in [0.1, 0.15) is 12.4 Å². The van der Waals surface area contributed by atoms with Gasteiger partial charge in [-0.15, -0.1) is 0 Å². The van der Waals surface area contributed by atoms with Gasteiger partial charge in [-0.1, -0.05) is 48.5 Å². The number of thiocarbonyl (C=S) groups is 1. The van der Waals surface area contributed by atoms with E-state index >= 15 is 0 Å². The molecule has 1 amide bonds. The number of nitrogens with zero attached hydrogens (tertiary/aromatic N) is 1. The molecule has 1 heterocycles. The maximum atomic E-state index is 12.7. The highest BCUT2D eigenvalue weighted by Gasteiger charge is 2.32. The van der Waals surface area contributed by atoms with Crippen LogP contribution in [0.1, 0.15) is 36.6 Å². The van der Waals surface area contributed by atoms with Gasteiger partial charge < -0.3 is 29.6 Å². The standard InChI is InChI=1S/C31H32N4O6S/c1-4-39-30(37)28-20(2)33-31(42)34-29(28)23-12-8-9-13-24(23)41-19-27(36)35-32-17-22-14-15-25(26(16-22)38-3)40-18-21-10-6-5-7-11-21/h5-17,29H,4,18-19H2,1-3H3,(H,35,36)(H2,33,34,42)/t29-/m0/s1. The Morgan fingerprint density at radius 3 is 2.52 bits per heavy atom. The number of carbonyl (C=O) groups is 2. The third-order valence-corrected chi connectivity index (χ3v) is 6.40. The minimum absolute atomic E-state index is 0.227. The molecule has 3 aromatic rings. The van der Waals surface area contributed by atoms with Crippen LogP contribution in [0, 0.1) is 0 Å². The summed E-state index contributed by atoms with van der Waals surface area (Å²) in [6, 6.07) is 21.6. The van der Waals surface area contributed by atoms with Gasteiger partial charge >= 0.3 is 5.97 Å². The molecule has 218 valence electrons. The minimum Gasteiger partial charge on any atom is -0.493 e. The molecule has 0 fully saturated rings. The van der Waals surface area contributed by atoms with E-state index in [2.05, 4.69) is 21.2 Å². The first kappa shape index (κ1) is 30.1. The zero-order chi connectivity index (χ0) is 29.9. The largest absolute Gasteiger partial charge is 0.493 e. The number of methoxy groups -OCH3 is 1. The van der Waals surface area contributed by atoms with Crippen molar-refractivity contribution >= 4 is 35.4 Å². The van der Waals surface area contributed by atoms with E-state index in [0.29, 0.717) is 51.4 Å². The van der Waals surface area contributed by atoms with Crippen molar-refractivity contribution in [2.75, 3.05) is 20.3 Å². The second kappa shape index (κ2) is 14.6. The molecule has 0 saturated heterocycles. The smallest absolute Gasteiger partial charge is 0.338 e. The summed E-state index contributed by atoms with van der Waals surface area (Å²) in [6.07, 6.45) is 1.49. The first-order chi connectivity index (χ1) is 20.4. The molecule has 0 bridgehead atoms. The van der Waals surface area contributed by atoms with E-state index in [0.717, 1.165) is 5.56 Å². The second-order valence-corrected chi connectivity index (χ2v) is 9.50. The molecular formula is C31H32N4O6S. The zero-order valence-corrected chi connectivity index (χ0v) is 24.3. The molecule has 0 spiro atoms. The Kier molecular flexibility index (Phi) is 10.5. The van der Waals surface area contributed by atoms with Gasteiger partial charge in [0.2, 0.25) is 0 Å². The lowest BCUT2D eigenvalue weighted by molar-refractivity contribution is -0.139. The predicted molar refractivity (Wildman–Crippen MR) is 162 cm³/mol. The van der Waals surface area contributed by atoms with E-state index in [1.54, 1.807) is 57.4 Å². The lowest BCUT2D eigenvalue weighted by Gasteiger charge is -2.30. The zero-order valence-electron chi connectivity index (χ0n) is 23.5. The number of ether oxygens (including phenoxy) is 4. The van der Waals surface area contributed by atoms with Crippen LogP contribution in [0.3, 0.4) is 0 Å². The van der Waals surface area contributed by atoms with Crippen molar-refractivity contribution in [3.8, 4) is 17.2 Å².